The van der Waals surface area contributed by atoms with E-state index in [9.17, 15) is 9.59 Å². The number of nitrogens with one attached hydrogen (secondary N) is 2. The second-order valence-corrected chi connectivity index (χ2v) is 8.04. The Balaban J connectivity index is 1.41. The summed E-state index contributed by atoms with van der Waals surface area (Å²) in [6.07, 6.45) is 9.50. The monoisotopic (exact) mass is 369 g/mol. The highest BCUT2D eigenvalue weighted by Gasteiger charge is 2.21. The molecule has 5 nitrogen and oxygen atoms in total. The average molecular weight is 369 g/mol. The molecule has 0 spiro atoms. The van der Waals surface area contributed by atoms with Crippen molar-refractivity contribution in [2.45, 2.75) is 43.4 Å². The van der Waals surface area contributed by atoms with Crippen LogP contribution in [0.5, 0.6) is 0 Å². The van der Waals surface area contributed by atoms with E-state index in [0.717, 1.165) is 17.2 Å². The quantitative estimate of drug-likeness (QED) is 0.844. The van der Waals surface area contributed by atoms with Crippen molar-refractivity contribution in [1.29, 1.82) is 0 Å². The number of nitrogens with zero attached hydrogens (tertiary/aromatic N) is 1. The molecular formula is C20H23N3O2S. The Labute approximate surface area is 157 Å². The van der Waals surface area contributed by atoms with Crippen LogP contribution in [0.1, 0.15) is 59.4 Å². The fraction of sp³-hybridized carbons (Fsp3) is 0.400. The highest BCUT2D eigenvalue weighted by molar-refractivity contribution is 7.98. The van der Waals surface area contributed by atoms with Gasteiger partial charge in [-0.15, -0.1) is 0 Å². The van der Waals surface area contributed by atoms with E-state index < -0.39 is 0 Å². The first-order valence-corrected chi connectivity index (χ1v) is 10.1. The van der Waals surface area contributed by atoms with Gasteiger partial charge in [0.1, 0.15) is 5.69 Å². The van der Waals surface area contributed by atoms with Crippen molar-refractivity contribution < 1.29 is 9.59 Å². The van der Waals surface area contributed by atoms with E-state index in [1.54, 1.807) is 12.1 Å². The zero-order valence-corrected chi connectivity index (χ0v) is 15.5. The van der Waals surface area contributed by atoms with Crippen LogP contribution in [0, 0.1) is 5.92 Å². The van der Waals surface area contributed by atoms with E-state index >= 15 is 0 Å². The standard InChI is InChI=1S/C20H23N3O2S/c24-19(21-11-10-14-5-2-1-3-6-14)15-8-9-18-16(13-15)22-20(25)17-7-4-12-23(17)26-18/h4,7-9,12-14H,1-3,5-6,10-11H2,(H,21,24)(H,22,25). The molecule has 1 saturated carbocycles. The first kappa shape index (κ1) is 17.2. The summed E-state index contributed by atoms with van der Waals surface area (Å²) in [6, 6.07) is 9.12. The van der Waals surface area contributed by atoms with E-state index in [0.29, 0.717) is 23.5 Å². The van der Waals surface area contributed by atoms with Gasteiger partial charge in [-0.2, -0.15) is 0 Å². The number of carbonyl (C=O) groups is 2. The summed E-state index contributed by atoms with van der Waals surface area (Å²) in [5.74, 6) is 0.518. The predicted molar refractivity (Wildman–Crippen MR) is 104 cm³/mol. The van der Waals surface area contributed by atoms with Gasteiger partial charge in [-0.3, -0.25) is 13.6 Å². The summed E-state index contributed by atoms with van der Waals surface area (Å²) in [5.41, 5.74) is 1.87. The lowest BCUT2D eigenvalue weighted by atomic mass is 9.87. The van der Waals surface area contributed by atoms with Crippen molar-refractivity contribution in [1.82, 2.24) is 9.29 Å². The first-order valence-electron chi connectivity index (χ1n) is 9.30. The summed E-state index contributed by atoms with van der Waals surface area (Å²) in [5, 5.41) is 5.94. The molecule has 0 unspecified atom stereocenters. The molecule has 2 aliphatic rings. The summed E-state index contributed by atoms with van der Waals surface area (Å²) < 4.78 is 1.84. The number of aromatic nitrogens is 1. The molecule has 0 atom stereocenters. The normalized spacial score (nSPS) is 17.0. The Hall–Kier alpha value is -2.21. The molecule has 2 amide bonds. The van der Waals surface area contributed by atoms with Crippen molar-refractivity contribution in [2.75, 3.05) is 11.9 Å². The molecule has 2 N–H and O–H groups in total. The van der Waals surface area contributed by atoms with Crippen LogP contribution >= 0.6 is 11.9 Å². The fourth-order valence-corrected chi connectivity index (χ4v) is 4.65. The smallest absolute Gasteiger partial charge is 0.273 e. The minimum absolute atomic E-state index is 0.0771. The van der Waals surface area contributed by atoms with Crippen LogP contribution in [-0.4, -0.2) is 22.3 Å². The zero-order chi connectivity index (χ0) is 17.9. The lowest BCUT2D eigenvalue weighted by molar-refractivity contribution is 0.0948. The van der Waals surface area contributed by atoms with Gasteiger partial charge in [0.25, 0.3) is 11.8 Å². The van der Waals surface area contributed by atoms with Gasteiger partial charge in [0.15, 0.2) is 0 Å². The lowest BCUT2D eigenvalue weighted by Gasteiger charge is -2.21. The molecule has 0 bridgehead atoms. The number of hydrogen-bond donors (Lipinski definition) is 2. The molecule has 1 fully saturated rings. The lowest BCUT2D eigenvalue weighted by Crippen LogP contribution is -2.26. The van der Waals surface area contributed by atoms with Crippen molar-refractivity contribution >= 4 is 29.4 Å². The number of amides is 2. The second kappa shape index (κ2) is 7.58. The molecule has 1 aliphatic carbocycles. The van der Waals surface area contributed by atoms with Crippen molar-refractivity contribution in [3.8, 4) is 0 Å². The zero-order valence-electron chi connectivity index (χ0n) is 14.7. The van der Waals surface area contributed by atoms with Crippen LogP contribution in [0.4, 0.5) is 5.69 Å². The highest BCUT2D eigenvalue weighted by atomic mass is 32.2. The Morgan fingerprint density at radius 2 is 2.08 bits per heavy atom. The average Bonchev–Trinajstić information content (AvgIpc) is 3.07. The third kappa shape index (κ3) is 3.65. The number of hydrogen-bond acceptors (Lipinski definition) is 3. The van der Waals surface area contributed by atoms with Crippen LogP contribution in [0.25, 0.3) is 0 Å². The largest absolute Gasteiger partial charge is 0.352 e. The number of anilines is 1. The molecule has 26 heavy (non-hydrogen) atoms. The van der Waals surface area contributed by atoms with Crippen molar-refractivity contribution in [3.63, 3.8) is 0 Å². The maximum atomic E-state index is 12.5. The topological polar surface area (TPSA) is 63.1 Å². The summed E-state index contributed by atoms with van der Waals surface area (Å²) >= 11 is 1.47. The van der Waals surface area contributed by atoms with E-state index in [1.165, 1.54) is 44.1 Å². The maximum Gasteiger partial charge on any atom is 0.273 e. The summed E-state index contributed by atoms with van der Waals surface area (Å²) in [7, 11) is 0. The fourth-order valence-electron chi connectivity index (χ4n) is 3.73. The Bertz CT molecular complexity index is 824. The molecule has 2 heterocycles. The number of benzene rings is 1. The van der Waals surface area contributed by atoms with Crippen molar-refractivity contribution in [2.24, 2.45) is 5.92 Å². The third-order valence-electron chi connectivity index (χ3n) is 5.20. The van der Waals surface area contributed by atoms with Gasteiger partial charge in [-0.05, 0) is 54.6 Å². The van der Waals surface area contributed by atoms with Gasteiger partial charge in [0.2, 0.25) is 0 Å². The second-order valence-electron chi connectivity index (χ2n) is 7.02. The minimum Gasteiger partial charge on any atom is -0.352 e. The van der Waals surface area contributed by atoms with Crippen LogP contribution in [0.15, 0.2) is 41.4 Å². The highest BCUT2D eigenvalue weighted by Crippen LogP contribution is 2.34. The summed E-state index contributed by atoms with van der Waals surface area (Å²) in [4.78, 5) is 25.7. The number of rotatable bonds is 4. The SMILES string of the molecule is O=C(NCCC1CCCCC1)c1ccc2c(c1)NC(=O)c1cccn1S2. The Kier molecular flexibility index (Phi) is 5.02. The van der Waals surface area contributed by atoms with Crippen LogP contribution in [0.3, 0.4) is 0 Å². The predicted octanol–water partition coefficient (Wildman–Crippen LogP) is 4.31. The number of fused-ring (bicyclic) bond motifs is 2. The van der Waals surface area contributed by atoms with E-state index in [2.05, 4.69) is 10.6 Å². The molecule has 0 radical (unpaired) electrons. The van der Waals surface area contributed by atoms with Gasteiger partial charge in [0.05, 0.1) is 10.6 Å². The molecule has 1 aromatic carbocycles. The van der Waals surface area contributed by atoms with Crippen LogP contribution in [-0.2, 0) is 0 Å². The van der Waals surface area contributed by atoms with Gasteiger partial charge < -0.3 is 10.6 Å². The molecule has 6 heteroatoms. The molecule has 1 aliphatic heterocycles. The minimum atomic E-state index is -0.156. The molecule has 0 saturated heterocycles. The van der Waals surface area contributed by atoms with Crippen LogP contribution < -0.4 is 10.6 Å². The van der Waals surface area contributed by atoms with E-state index in [1.807, 2.05) is 28.4 Å². The molecule has 1 aromatic heterocycles. The van der Waals surface area contributed by atoms with Gasteiger partial charge in [0, 0.05) is 18.3 Å². The molecule has 136 valence electrons. The number of carbonyl (C=O) groups excluding carboxylic acids is 2. The van der Waals surface area contributed by atoms with Gasteiger partial charge in [-0.25, -0.2) is 0 Å². The van der Waals surface area contributed by atoms with E-state index in [4.69, 9.17) is 0 Å². The van der Waals surface area contributed by atoms with Gasteiger partial charge in [-0.1, -0.05) is 32.1 Å². The Morgan fingerprint density at radius 3 is 2.92 bits per heavy atom. The Morgan fingerprint density at radius 1 is 1.23 bits per heavy atom. The van der Waals surface area contributed by atoms with Gasteiger partial charge >= 0.3 is 0 Å². The molecular weight excluding hydrogens is 346 g/mol. The molecule has 4 rings (SSSR count). The molecule has 2 aromatic rings. The summed E-state index contributed by atoms with van der Waals surface area (Å²) in [6.45, 7) is 0.715. The van der Waals surface area contributed by atoms with Crippen LogP contribution in [0.2, 0.25) is 0 Å². The van der Waals surface area contributed by atoms with E-state index in [-0.39, 0.29) is 11.8 Å². The maximum absolute atomic E-state index is 12.5. The van der Waals surface area contributed by atoms with Crippen molar-refractivity contribution in [3.05, 3.63) is 47.8 Å². The first-order chi connectivity index (χ1) is 12.7. The third-order valence-corrected chi connectivity index (χ3v) is 6.26.